The van der Waals surface area contributed by atoms with E-state index in [0.29, 0.717) is 18.1 Å². The van der Waals surface area contributed by atoms with Gasteiger partial charge < -0.3 is 9.73 Å². The molecule has 3 nitrogen and oxygen atoms in total. The zero-order valence-electron chi connectivity index (χ0n) is 11.7. The molecule has 1 saturated carbocycles. The van der Waals surface area contributed by atoms with Crippen LogP contribution in [0.4, 0.5) is 13.2 Å². The highest BCUT2D eigenvalue weighted by atomic mass is 19.4. The zero-order valence-corrected chi connectivity index (χ0v) is 11.7. The minimum Gasteiger partial charge on any atom is -0.445 e. The first-order chi connectivity index (χ1) is 9.50. The van der Waals surface area contributed by atoms with Crippen molar-refractivity contribution in [3.05, 3.63) is 17.8 Å². The summed E-state index contributed by atoms with van der Waals surface area (Å²) in [4.78, 5) is 4.17. The van der Waals surface area contributed by atoms with Gasteiger partial charge in [0, 0.05) is 12.3 Å². The summed E-state index contributed by atoms with van der Waals surface area (Å²) in [7, 11) is 1.88. The van der Waals surface area contributed by atoms with E-state index in [-0.39, 0.29) is 18.8 Å². The van der Waals surface area contributed by atoms with Crippen LogP contribution in [-0.4, -0.2) is 24.8 Å². The van der Waals surface area contributed by atoms with Gasteiger partial charge in [0.25, 0.3) is 0 Å². The third-order valence-electron chi connectivity index (χ3n) is 3.93. The van der Waals surface area contributed by atoms with Gasteiger partial charge in [-0.15, -0.1) is 0 Å². The molecular weight excluding hydrogens is 269 g/mol. The van der Waals surface area contributed by atoms with Gasteiger partial charge in [0.2, 0.25) is 0 Å². The van der Waals surface area contributed by atoms with E-state index in [1.165, 1.54) is 0 Å². The Morgan fingerprint density at radius 3 is 2.90 bits per heavy atom. The molecule has 0 bridgehead atoms. The maximum Gasteiger partial charge on any atom is 0.391 e. The van der Waals surface area contributed by atoms with Crippen LogP contribution in [0.2, 0.25) is 0 Å². The molecule has 6 heteroatoms. The van der Waals surface area contributed by atoms with E-state index in [1.54, 1.807) is 6.20 Å². The number of nitrogens with one attached hydrogen (secondary N) is 1. The van der Waals surface area contributed by atoms with Gasteiger partial charge in [-0.3, -0.25) is 0 Å². The topological polar surface area (TPSA) is 38.1 Å². The van der Waals surface area contributed by atoms with Gasteiger partial charge in [0.1, 0.15) is 5.76 Å². The summed E-state index contributed by atoms with van der Waals surface area (Å²) < 4.78 is 44.0. The van der Waals surface area contributed by atoms with E-state index in [9.17, 15) is 13.2 Å². The Balaban J connectivity index is 1.94. The van der Waals surface area contributed by atoms with Crippen LogP contribution in [0.25, 0.3) is 0 Å². The maximum atomic E-state index is 12.8. The molecule has 0 spiro atoms. The van der Waals surface area contributed by atoms with E-state index in [4.69, 9.17) is 4.42 Å². The Morgan fingerprint density at radius 1 is 1.40 bits per heavy atom. The number of alkyl halides is 3. The van der Waals surface area contributed by atoms with Gasteiger partial charge in [-0.25, -0.2) is 4.98 Å². The molecule has 20 heavy (non-hydrogen) atoms. The van der Waals surface area contributed by atoms with Crippen molar-refractivity contribution in [2.24, 2.45) is 5.92 Å². The second-order valence-corrected chi connectivity index (χ2v) is 5.47. The molecule has 0 aromatic carbocycles. The fourth-order valence-corrected chi connectivity index (χ4v) is 2.79. The average molecular weight is 290 g/mol. The van der Waals surface area contributed by atoms with Crippen LogP contribution in [0.1, 0.15) is 49.7 Å². The zero-order chi connectivity index (χ0) is 14.6. The summed E-state index contributed by atoms with van der Waals surface area (Å²) in [5.74, 6) is -0.0807. The monoisotopic (exact) mass is 290 g/mol. The van der Waals surface area contributed by atoms with Crippen molar-refractivity contribution in [3.63, 3.8) is 0 Å². The standard InChI is InChI=1S/C14H21F3N2O/c1-18-7-3-6-13-19-9-12(20-13)10-4-2-5-11(8-10)14(15,16)17/h9-11,18H,2-8H2,1H3. The number of rotatable bonds is 5. The average Bonchev–Trinajstić information content (AvgIpc) is 2.87. The molecule has 0 aliphatic heterocycles. The Labute approximate surface area is 117 Å². The van der Waals surface area contributed by atoms with Crippen LogP contribution in [0, 0.1) is 5.92 Å². The van der Waals surface area contributed by atoms with E-state index in [1.807, 2.05) is 7.05 Å². The Bertz CT molecular complexity index is 417. The van der Waals surface area contributed by atoms with Gasteiger partial charge >= 0.3 is 6.18 Å². The molecule has 2 unspecified atom stereocenters. The molecular formula is C14H21F3N2O. The second kappa shape index (κ2) is 6.61. The highest BCUT2D eigenvalue weighted by Crippen LogP contribution is 2.43. The van der Waals surface area contributed by atoms with Crippen LogP contribution >= 0.6 is 0 Å². The molecule has 0 radical (unpaired) electrons. The largest absolute Gasteiger partial charge is 0.445 e. The normalized spacial score (nSPS) is 24.0. The quantitative estimate of drug-likeness (QED) is 0.841. The van der Waals surface area contributed by atoms with Crippen molar-refractivity contribution in [3.8, 4) is 0 Å². The highest BCUT2D eigenvalue weighted by molar-refractivity contribution is 5.04. The summed E-state index contributed by atoms with van der Waals surface area (Å²) in [6.07, 6.45) is 0.884. The van der Waals surface area contributed by atoms with Crippen LogP contribution in [0.3, 0.4) is 0 Å². The lowest BCUT2D eigenvalue weighted by Crippen LogP contribution is -2.27. The van der Waals surface area contributed by atoms with E-state index >= 15 is 0 Å². The van der Waals surface area contributed by atoms with E-state index in [0.717, 1.165) is 25.8 Å². The molecule has 0 amide bonds. The Morgan fingerprint density at radius 2 is 2.20 bits per heavy atom. The Kier molecular flexibility index (Phi) is 5.07. The molecule has 2 atom stereocenters. The number of hydrogen-bond acceptors (Lipinski definition) is 3. The Hall–Kier alpha value is -1.04. The number of aryl methyl sites for hydroxylation is 1. The van der Waals surface area contributed by atoms with Crippen LogP contribution in [-0.2, 0) is 6.42 Å². The molecule has 1 heterocycles. The molecule has 114 valence electrons. The lowest BCUT2D eigenvalue weighted by atomic mass is 9.80. The van der Waals surface area contributed by atoms with Crippen molar-refractivity contribution in [1.82, 2.24) is 10.3 Å². The van der Waals surface area contributed by atoms with Crippen molar-refractivity contribution in [1.29, 1.82) is 0 Å². The lowest BCUT2D eigenvalue weighted by molar-refractivity contribution is -0.183. The molecule has 2 rings (SSSR count). The maximum absolute atomic E-state index is 12.8. The van der Waals surface area contributed by atoms with Crippen molar-refractivity contribution in [2.75, 3.05) is 13.6 Å². The summed E-state index contributed by atoms with van der Waals surface area (Å²) in [6, 6.07) is 0. The summed E-state index contributed by atoms with van der Waals surface area (Å²) in [6.45, 7) is 0.872. The molecule has 1 aliphatic rings. The SMILES string of the molecule is CNCCCc1ncc(C2CCCC(C(F)(F)F)C2)o1. The van der Waals surface area contributed by atoms with Crippen molar-refractivity contribution < 1.29 is 17.6 Å². The van der Waals surface area contributed by atoms with E-state index < -0.39 is 12.1 Å². The molecule has 1 N–H and O–H groups in total. The number of hydrogen-bond donors (Lipinski definition) is 1. The molecule has 1 fully saturated rings. The molecule has 0 saturated heterocycles. The number of aromatic nitrogens is 1. The molecule has 1 aliphatic carbocycles. The number of oxazole rings is 1. The predicted molar refractivity (Wildman–Crippen MR) is 69.5 cm³/mol. The third-order valence-corrected chi connectivity index (χ3v) is 3.93. The van der Waals surface area contributed by atoms with Gasteiger partial charge in [0.15, 0.2) is 5.89 Å². The highest BCUT2D eigenvalue weighted by Gasteiger charge is 2.43. The third kappa shape index (κ3) is 3.98. The fraction of sp³-hybridized carbons (Fsp3) is 0.786. The van der Waals surface area contributed by atoms with Crippen LogP contribution < -0.4 is 5.32 Å². The first-order valence-electron chi connectivity index (χ1n) is 7.16. The summed E-state index contributed by atoms with van der Waals surface area (Å²) >= 11 is 0. The van der Waals surface area contributed by atoms with Crippen molar-refractivity contribution in [2.45, 2.75) is 50.6 Å². The smallest absolute Gasteiger partial charge is 0.391 e. The van der Waals surface area contributed by atoms with Gasteiger partial charge in [-0.1, -0.05) is 6.42 Å². The predicted octanol–water partition coefficient (Wildman–Crippen LogP) is 3.66. The second-order valence-electron chi connectivity index (χ2n) is 5.47. The van der Waals surface area contributed by atoms with Crippen LogP contribution in [0.15, 0.2) is 10.6 Å². The van der Waals surface area contributed by atoms with Crippen molar-refractivity contribution >= 4 is 0 Å². The van der Waals surface area contributed by atoms with E-state index in [2.05, 4.69) is 10.3 Å². The van der Waals surface area contributed by atoms with Gasteiger partial charge in [0.05, 0.1) is 12.1 Å². The van der Waals surface area contributed by atoms with Gasteiger partial charge in [-0.2, -0.15) is 13.2 Å². The molecule has 1 aromatic rings. The molecule has 1 aromatic heterocycles. The first kappa shape index (κ1) is 15.4. The number of halogens is 3. The lowest BCUT2D eigenvalue weighted by Gasteiger charge is -2.29. The minimum absolute atomic E-state index is 0.134. The minimum atomic E-state index is -4.09. The number of nitrogens with zero attached hydrogens (tertiary/aromatic N) is 1. The van der Waals surface area contributed by atoms with Crippen LogP contribution in [0.5, 0.6) is 0 Å². The summed E-state index contributed by atoms with van der Waals surface area (Å²) in [5.41, 5.74) is 0. The van der Waals surface area contributed by atoms with Gasteiger partial charge in [-0.05, 0) is 39.3 Å². The fourth-order valence-electron chi connectivity index (χ4n) is 2.79. The first-order valence-corrected chi connectivity index (χ1v) is 7.16. The summed E-state index contributed by atoms with van der Waals surface area (Å²) in [5, 5.41) is 3.04.